The Labute approximate surface area is 202 Å². The van der Waals surface area contributed by atoms with Crippen LogP contribution in [0.15, 0.2) is 36.5 Å². The number of hydrogen-bond donors (Lipinski definition) is 1. The average molecular weight is 509 g/mol. The van der Waals surface area contributed by atoms with Crippen LogP contribution in [0.5, 0.6) is 5.75 Å². The zero-order valence-electron chi connectivity index (χ0n) is 18.3. The summed E-state index contributed by atoms with van der Waals surface area (Å²) in [7, 11) is 0. The van der Waals surface area contributed by atoms with E-state index in [1.165, 1.54) is 35.4 Å². The molecule has 35 heavy (non-hydrogen) atoms. The molecule has 2 aliphatic rings. The maximum Gasteiger partial charge on any atom is 0.420 e. The number of halogens is 4. The summed E-state index contributed by atoms with van der Waals surface area (Å²) in [5.41, 5.74) is -1.14. The van der Waals surface area contributed by atoms with Gasteiger partial charge in [-0.1, -0.05) is 23.7 Å². The van der Waals surface area contributed by atoms with E-state index in [9.17, 15) is 27.9 Å². The maximum absolute atomic E-state index is 13.9. The number of hydrogen-bond acceptors (Lipinski definition) is 5. The Kier molecular flexibility index (Phi) is 5.74. The van der Waals surface area contributed by atoms with E-state index in [2.05, 4.69) is 4.98 Å². The van der Waals surface area contributed by atoms with Crippen LogP contribution in [-0.2, 0) is 10.9 Å². The van der Waals surface area contributed by atoms with Crippen LogP contribution >= 0.6 is 11.6 Å². The highest BCUT2D eigenvalue weighted by atomic mass is 35.5. The maximum atomic E-state index is 13.9. The summed E-state index contributed by atoms with van der Waals surface area (Å²) in [4.78, 5) is 32.1. The molecule has 5 rings (SSSR count). The number of phenols is 1. The standard InChI is InChI=1S/C23H20ClF3N4O4/c24-19-18(21(33)29-7-5-15(6-8-29)30-9-10-35-22(30)34)28-20-17(23(25,26)27)11-14(12-31(19)20)13-1-3-16(32)4-2-13/h1-4,11-12,15,32H,5-10H2. The average Bonchev–Trinajstić information content (AvgIpc) is 3.41. The number of nitrogens with zero attached hydrogens (tertiary/aromatic N) is 4. The van der Waals surface area contributed by atoms with E-state index in [1.54, 1.807) is 4.90 Å². The lowest BCUT2D eigenvalue weighted by atomic mass is 10.0. The number of benzene rings is 1. The van der Waals surface area contributed by atoms with Crippen LogP contribution in [0.1, 0.15) is 28.9 Å². The van der Waals surface area contributed by atoms with Gasteiger partial charge in [-0.3, -0.25) is 9.20 Å². The molecule has 0 aliphatic carbocycles. The molecule has 8 nitrogen and oxygen atoms in total. The Hall–Kier alpha value is -3.47. The molecule has 2 aromatic heterocycles. The van der Waals surface area contributed by atoms with Gasteiger partial charge in [0, 0.05) is 25.3 Å². The lowest BCUT2D eigenvalue weighted by Crippen LogP contribution is -2.47. The van der Waals surface area contributed by atoms with Gasteiger partial charge in [0.2, 0.25) is 0 Å². The molecule has 12 heteroatoms. The number of carbonyl (C=O) groups is 2. The topological polar surface area (TPSA) is 87.4 Å². The van der Waals surface area contributed by atoms with Gasteiger partial charge in [0.1, 0.15) is 17.5 Å². The first-order valence-corrected chi connectivity index (χ1v) is 11.3. The number of carbonyl (C=O) groups excluding carboxylic acids is 2. The van der Waals surface area contributed by atoms with Crippen molar-refractivity contribution >= 4 is 29.2 Å². The van der Waals surface area contributed by atoms with Gasteiger partial charge in [0.15, 0.2) is 11.3 Å². The number of aromatic hydroxyl groups is 1. The van der Waals surface area contributed by atoms with Crippen molar-refractivity contribution in [1.29, 1.82) is 0 Å². The molecule has 4 heterocycles. The first-order chi connectivity index (χ1) is 16.6. The highest BCUT2D eigenvalue weighted by Gasteiger charge is 2.38. The molecule has 1 N–H and O–H groups in total. The monoisotopic (exact) mass is 508 g/mol. The van der Waals surface area contributed by atoms with Gasteiger partial charge in [-0.25, -0.2) is 9.78 Å². The van der Waals surface area contributed by atoms with Gasteiger partial charge in [-0.05, 0) is 42.2 Å². The molecule has 2 fully saturated rings. The molecule has 0 atom stereocenters. The second-order valence-corrected chi connectivity index (χ2v) is 8.82. The molecular formula is C23H20ClF3N4O4. The summed E-state index contributed by atoms with van der Waals surface area (Å²) in [6.45, 7) is 1.45. The molecule has 1 aromatic carbocycles. The Bertz CT molecular complexity index is 1300. The first-order valence-electron chi connectivity index (χ1n) is 10.9. The third-order valence-electron chi connectivity index (χ3n) is 6.36. The van der Waals surface area contributed by atoms with Gasteiger partial charge >= 0.3 is 12.3 Å². The number of piperidine rings is 1. The number of pyridine rings is 1. The number of cyclic esters (lactones) is 1. The molecule has 2 amide bonds. The predicted molar refractivity (Wildman–Crippen MR) is 119 cm³/mol. The molecule has 0 bridgehead atoms. The van der Waals surface area contributed by atoms with Crippen molar-refractivity contribution in [3.63, 3.8) is 0 Å². The van der Waals surface area contributed by atoms with Crippen molar-refractivity contribution in [1.82, 2.24) is 19.2 Å². The molecule has 3 aromatic rings. The number of aromatic nitrogens is 2. The Morgan fingerprint density at radius 1 is 1.11 bits per heavy atom. The van der Waals surface area contributed by atoms with Gasteiger partial charge in [0.25, 0.3) is 5.91 Å². The van der Waals surface area contributed by atoms with E-state index in [0.717, 1.165) is 10.5 Å². The van der Waals surface area contributed by atoms with Gasteiger partial charge in [-0.15, -0.1) is 0 Å². The van der Waals surface area contributed by atoms with Crippen LogP contribution in [0.4, 0.5) is 18.0 Å². The lowest BCUT2D eigenvalue weighted by molar-refractivity contribution is -0.136. The summed E-state index contributed by atoms with van der Waals surface area (Å²) in [5.74, 6) is -0.592. The van der Waals surface area contributed by atoms with E-state index in [4.69, 9.17) is 16.3 Å². The summed E-state index contributed by atoms with van der Waals surface area (Å²) >= 11 is 6.41. The van der Waals surface area contributed by atoms with Crippen molar-refractivity contribution < 1.29 is 32.6 Å². The normalized spacial score (nSPS) is 17.3. The molecule has 2 saturated heterocycles. The zero-order chi connectivity index (χ0) is 24.9. The zero-order valence-corrected chi connectivity index (χ0v) is 19.0. The van der Waals surface area contributed by atoms with Crippen molar-refractivity contribution in [3.05, 3.63) is 52.9 Å². The summed E-state index contributed by atoms with van der Waals surface area (Å²) in [5, 5.41) is 9.28. The largest absolute Gasteiger partial charge is 0.508 e. The quantitative estimate of drug-likeness (QED) is 0.565. The molecule has 184 valence electrons. The minimum atomic E-state index is -4.74. The highest BCUT2D eigenvalue weighted by Crippen LogP contribution is 2.37. The van der Waals surface area contributed by atoms with E-state index < -0.39 is 23.3 Å². The summed E-state index contributed by atoms with van der Waals surface area (Å²) in [6.07, 6.45) is -2.70. The number of fused-ring (bicyclic) bond motifs is 1. The minimum absolute atomic E-state index is 0.0233. The smallest absolute Gasteiger partial charge is 0.420 e. The molecule has 2 aliphatic heterocycles. The molecule has 0 saturated carbocycles. The van der Waals surface area contributed by atoms with Crippen LogP contribution in [0.3, 0.4) is 0 Å². The third kappa shape index (κ3) is 4.24. The summed E-state index contributed by atoms with van der Waals surface area (Å²) in [6, 6.07) is 6.57. The summed E-state index contributed by atoms with van der Waals surface area (Å²) < 4.78 is 47.8. The lowest BCUT2D eigenvalue weighted by Gasteiger charge is -2.35. The van der Waals surface area contributed by atoms with E-state index in [1.807, 2.05) is 0 Å². The number of imidazole rings is 1. The predicted octanol–water partition coefficient (Wildman–Crippen LogP) is 4.44. The van der Waals surface area contributed by atoms with Crippen molar-refractivity contribution in [3.8, 4) is 16.9 Å². The number of ether oxygens (including phenoxy) is 1. The molecule has 0 radical (unpaired) electrons. The Balaban J connectivity index is 1.47. The van der Waals surface area contributed by atoms with Crippen molar-refractivity contribution in [2.75, 3.05) is 26.2 Å². The number of amides is 2. The minimum Gasteiger partial charge on any atom is -0.508 e. The van der Waals surface area contributed by atoms with E-state index in [0.29, 0.717) is 44.6 Å². The fourth-order valence-electron chi connectivity index (χ4n) is 4.54. The van der Waals surface area contributed by atoms with E-state index in [-0.39, 0.29) is 34.3 Å². The third-order valence-corrected chi connectivity index (χ3v) is 6.72. The van der Waals surface area contributed by atoms with Crippen LogP contribution in [0, 0.1) is 0 Å². The number of alkyl halides is 3. The molecular weight excluding hydrogens is 489 g/mol. The Morgan fingerprint density at radius 2 is 1.80 bits per heavy atom. The van der Waals surface area contributed by atoms with Crippen LogP contribution < -0.4 is 0 Å². The second-order valence-electron chi connectivity index (χ2n) is 8.46. The SMILES string of the molecule is O=C(c1nc2c(C(F)(F)F)cc(-c3ccc(O)cc3)cn2c1Cl)N1CCC(N2CCOC2=O)CC1. The van der Waals surface area contributed by atoms with Gasteiger partial charge in [0.05, 0.1) is 12.1 Å². The second kappa shape index (κ2) is 8.63. The fourth-order valence-corrected chi connectivity index (χ4v) is 4.79. The first kappa shape index (κ1) is 23.3. The van der Waals surface area contributed by atoms with Gasteiger partial charge < -0.3 is 19.6 Å². The van der Waals surface area contributed by atoms with Crippen molar-refractivity contribution in [2.24, 2.45) is 0 Å². The van der Waals surface area contributed by atoms with Crippen molar-refractivity contribution in [2.45, 2.75) is 25.1 Å². The van der Waals surface area contributed by atoms with Crippen LogP contribution in [-0.4, -0.2) is 68.6 Å². The fraction of sp³-hybridized carbons (Fsp3) is 0.348. The van der Waals surface area contributed by atoms with Crippen LogP contribution in [0.2, 0.25) is 5.15 Å². The van der Waals surface area contributed by atoms with E-state index >= 15 is 0 Å². The number of phenolic OH excluding ortho intramolecular Hbond substituents is 1. The van der Waals surface area contributed by atoms with Gasteiger partial charge in [-0.2, -0.15) is 13.2 Å². The highest BCUT2D eigenvalue weighted by molar-refractivity contribution is 6.33. The van der Waals surface area contributed by atoms with Crippen LogP contribution in [0.25, 0.3) is 16.8 Å². The molecule has 0 spiro atoms. The number of rotatable bonds is 3. The Morgan fingerprint density at radius 3 is 2.40 bits per heavy atom. The molecule has 0 unspecified atom stereocenters. The number of likely N-dealkylation sites (tertiary alicyclic amines) is 1.